The fraction of sp³-hybridized carbons (Fsp3) is 0. The van der Waals surface area contributed by atoms with Crippen LogP contribution in [-0.4, -0.2) is 8.42 Å². The van der Waals surface area contributed by atoms with Crippen LogP contribution in [0.3, 0.4) is 0 Å². The van der Waals surface area contributed by atoms with Gasteiger partial charge in [-0.2, -0.15) is 10.9 Å². The van der Waals surface area contributed by atoms with Gasteiger partial charge >= 0.3 is 0 Å². The van der Waals surface area contributed by atoms with E-state index in [0.717, 1.165) is 4.90 Å². The monoisotopic (exact) mass is 260 g/mol. The quantitative estimate of drug-likeness (QED) is 0.655. The third-order valence-corrected chi connectivity index (χ3v) is 5.27. The highest BCUT2D eigenvalue weighted by Gasteiger charge is 2.10. The van der Waals surface area contributed by atoms with Crippen LogP contribution in [0.5, 0.6) is 0 Å². The third kappa shape index (κ3) is 2.45. The van der Waals surface area contributed by atoms with Crippen molar-refractivity contribution in [3.63, 3.8) is 0 Å². The second-order valence-corrected chi connectivity index (χ2v) is 7.52. The Hall–Kier alpha value is -0.710. The average Bonchev–Trinajstić information content (AvgIpc) is 2.69. The average molecular weight is 261 g/mol. The molecule has 0 aromatic heterocycles. The van der Waals surface area contributed by atoms with Crippen molar-refractivity contribution in [3.8, 4) is 0 Å². The van der Waals surface area contributed by atoms with Gasteiger partial charge in [-0.3, -0.25) is 0 Å². The first kappa shape index (κ1) is 10.8. The molecule has 0 aliphatic carbocycles. The lowest BCUT2D eigenvalue weighted by Crippen LogP contribution is -1.89. The molecule has 1 aromatic carbocycles. The van der Waals surface area contributed by atoms with Crippen LogP contribution < -0.4 is 0 Å². The van der Waals surface area contributed by atoms with Crippen LogP contribution in [0.25, 0.3) is 0 Å². The van der Waals surface area contributed by atoms with Crippen molar-refractivity contribution in [3.05, 3.63) is 47.2 Å². The van der Waals surface area contributed by atoms with E-state index in [0.29, 0.717) is 0 Å². The second kappa shape index (κ2) is 4.04. The summed E-state index contributed by atoms with van der Waals surface area (Å²) in [5, 5.41) is 4.22. The van der Waals surface area contributed by atoms with Gasteiger partial charge in [0.2, 0.25) is 0 Å². The SMILES string of the molecule is O=S(=O)(Cl)c1ccc([SH]2C=CC=C2)cc1. The van der Waals surface area contributed by atoms with Gasteiger partial charge < -0.3 is 0 Å². The van der Waals surface area contributed by atoms with Gasteiger partial charge in [0.05, 0.1) is 4.90 Å². The van der Waals surface area contributed by atoms with Gasteiger partial charge in [0.1, 0.15) is 0 Å². The van der Waals surface area contributed by atoms with Gasteiger partial charge in [0.25, 0.3) is 9.05 Å². The Morgan fingerprint density at radius 2 is 1.53 bits per heavy atom. The van der Waals surface area contributed by atoms with Crippen LogP contribution in [0.1, 0.15) is 0 Å². The van der Waals surface area contributed by atoms with Gasteiger partial charge in [-0.05, 0) is 40.0 Å². The molecule has 0 N–H and O–H groups in total. The Morgan fingerprint density at radius 3 is 2.00 bits per heavy atom. The Kier molecular flexibility index (Phi) is 2.91. The van der Waals surface area contributed by atoms with Crippen LogP contribution >= 0.6 is 21.6 Å². The van der Waals surface area contributed by atoms with E-state index in [1.54, 1.807) is 24.3 Å². The molecule has 0 saturated heterocycles. The van der Waals surface area contributed by atoms with E-state index < -0.39 is 9.05 Å². The van der Waals surface area contributed by atoms with E-state index in [9.17, 15) is 8.42 Å². The van der Waals surface area contributed by atoms with Gasteiger partial charge in [0, 0.05) is 10.7 Å². The highest BCUT2D eigenvalue weighted by Crippen LogP contribution is 2.41. The first-order valence-electron chi connectivity index (χ1n) is 4.25. The zero-order valence-corrected chi connectivity index (χ0v) is 10.1. The number of benzene rings is 1. The topological polar surface area (TPSA) is 34.1 Å². The standard InChI is InChI=1S/C10H9ClO2S2/c11-15(12,13)10-5-3-9(4-6-10)14-7-1-2-8-14/h1-8,14H. The molecule has 0 atom stereocenters. The number of thiol groups is 1. The van der Waals surface area contributed by atoms with E-state index in [4.69, 9.17) is 10.7 Å². The molecule has 80 valence electrons. The molecule has 0 spiro atoms. The maximum absolute atomic E-state index is 11.0. The zero-order chi connectivity index (χ0) is 10.9. The maximum Gasteiger partial charge on any atom is 0.261 e. The smallest absolute Gasteiger partial charge is 0.207 e. The van der Waals surface area contributed by atoms with E-state index in [1.807, 2.05) is 12.2 Å². The molecule has 1 aromatic rings. The van der Waals surface area contributed by atoms with Crippen LogP contribution in [0.15, 0.2) is 57.0 Å². The summed E-state index contributed by atoms with van der Waals surface area (Å²) in [7, 11) is 1.23. The lowest BCUT2D eigenvalue weighted by Gasteiger charge is -2.09. The van der Waals surface area contributed by atoms with Gasteiger partial charge in [-0.25, -0.2) is 8.42 Å². The van der Waals surface area contributed by atoms with E-state index in [-0.39, 0.29) is 15.8 Å². The van der Waals surface area contributed by atoms with Crippen molar-refractivity contribution in [1.82, 2.24) is 0 Å². The molecule has 0 unspecified atom stereocenters. The fourth-order valence-electron chi connectivity index (χ4n) is 1.29. The summed E-state index contributed by atoms with van der Waals surface area (Å²) < 4.78 is 22.0. The van der Waals surface area contributed by atoms with Gasteiger partial charge in [0.15, 0.2) is 0 Å². The number of hydrogen-bond acceptors (Lipinski definition) is 2. The van der Waals surface area contributed by atoms with E-state index in [2.05, 4.69) is 10.8 Å². The summed E-state index contributed by atoms with van der Waals surface area (Å²) in [5.74, 6) is 0. The molecule has 5 heteroatoms. The highest BCUT2D eigenvalue weighted by atomic mass is 35.7. The maximum atomic E-state index is 11.0. The summed E-state index contributed by atoms with van der Waals surface area (Å²) in [4.78, 5) is 1.27. The summed E-state index contributed by atoms with van der Waals surface area (Å²) in [6.45, 7) is 0. The molecule has 1 aliphatic rings. The Morgan fingerprint density at radius 1 is 1.00 bits per heavy atom. The number of allylic oxidation sites excluding steroid dienone is 2. The molecule has 0 amide bonds. The Labute approximate surface area is 96.0 Å². The Bertz CT molecular complexity index is 503. The first-order valence-corrected chi connectivity index (χ1v) is 8.04. The van der Waals surface area contributed by atoms with Crippen LogP contribution in [-0.2, 0) is 9.05 Å². The molecule has 0 fully saturated rings. The van der Waals surface area contributed by atoms with Crippen LogP contribution in [0.2, 0.25) is 0 Å². The van der Waals surface area contributed by atoms with E-state index >= 15 is 0 Å². The van der Waals surface area contributed by atoms with Gasteiger partial charge in [-0.15, -0.1) is 0 Å². The summed E-state index contributed by atoms with van der Waals surface area (Å²) in [6, 6.07) is 6.70. The van der Waals surface area contributed by atoms with Crippen molar-refractivity contribution in [2.75, 3.05) is 0 Å². The second-order valence-electron chi connectivity index (χ2n) is 3.02. The van der Waals surface area contributed by atoms with Crippen molar-refractivity contribution in [2.24, 2.45) is 0 Å². The zero-order valence-electron chi connectivity index (χ0n) is 7.67. The summed E-state index contributed by atoms with van der Waals surface area (Å²) >= 11 is 0. The van der Waals surface area contributed by atoms with Crippen molar-refractivity contribution >= 4 is 30.6 Å². The summed E-state index contributed by atoms with van der Waals surface area (Å²) in [6.07, 6.45) is 4.00. The number of halogens is 1. The molecule has 0 saturated carbocycles. The van der Waals surface area contributed by atoms with Crippen molar-refractivity contribution in [1.29, 1.82) is 0 Å². The molecule has 2 nitrogen and oxygen atoms in total. The lowest BCUT2D eigenvalue weighted by atomic mass is 10.4. The van der Waals surface area contributed by atoms with Crippen molar-refractivity contribution < 1.29 is 8.42 Å². The molecular weight excluding hydrogens is 252 g/mol. The van der Waals surface area contributed by atoms with E-state index in [1.165, 1.54) is 0 Å². The molecule has 2 rings (SSSR count). The number of rotatable bonds is 2. The predicted molar refractivity (Wildman–Crippen MR) is 65.0 cm³/mol. The third-order valence-electron chi connectivity index (χ3n) is 2.02. The lowest BCUT2D eigenvalue weighted by molar-refractivity contribution is 0.609. The predicted octanol–water partition coefficient (Wildman–Crippen LogP) is 3.02. The minimum atomic E-state index is -3.60. The first-order chi connectivity index (χ1) is 7.07. The Balaban J connectivity index is 2.32. The molecule has 1 aliphatic heterocycles. The van der Waals surface area contributed by atoms with Crippen LogP contribution in [0.4, 0.5) is 0 Å². The minimum Gasteiger partial charge on any atom is -0.207 e. The van der Waals surface area contributed by atoms with Crippen molar-refractivity contribution in [2.45, 2.75) is 9.79 Å². The highest BCUT2D eigenvalue weighted by molar-refractivity contribution is 8.22. The van der Waals surface area contributed by atoms with Crippen LogP contribution in [0, 0.1) is 0 Å². The largest absolute Gasteiger partial charge is 0.261 e. The molecule has 1 heterocycles. The minimum absolute atomic E-state index is 0.148. The van der Waals surface area contributed by atoms with Gasteiger partial charge in [-0.1, -0.05) is 12.2 Å². The molecular formula is C10H9ClO2S2. The number of hydrogen-bond donors (Lipinski definition) is 1. The molecule has 15 heavy (non-hydrogen) atoms. The fourth-order valence-corrected chi connectivity index (χ4v) is 3.56. The molecule has 0 radical (unpaired) electrons. The summed E-state index contributed by atoms with van der Waals surface area (Å²) in [5.41, 5.74) is 0. The molecule has 0 bridgehead atoms. The normalized spacial score (nSPS) is 17.3.